The number of carbonyl (C=O) groups excluding carboxylic acids is 2. The highest BCUT2D eigenvalue weighted by Gasteiger charge is 2.39. The van der Waals surface area contributed by atoms with Crippen molar-refractivity contribution in [3.63, 3.8) is 0 Å². The molecule has 1 aromatic carbocycles. The minimum absolute atomic E-state index is 0.466. The minimum Gasteiger partial charge on any atom is -0.337 e. The zero-order valence-electron chi connectivity index (χ0n) is 9.66. The van der Waals surface area contributed by atoms with Crippen molar-refractivity contribution in [1.82, 2.24) is 10.2 Å². The predicted molar refractivity (Wildman–Crippen MR) is 67.3 cm³/mol. The number of rotatable bonds is 1. The van der Waals surface area contributed by atoms with Crippen molar-refractivity contribution >= 4 is 27.7 Å². The quantitative estimate of drug-likeness (QED) is 0.793. The van der Waals surface area contributed by atoms with Gasteiger partial charge in [-0.15, -0.1) is 0 Å². The van der Waals surface area contributed by atoms with Gasteiger partial charge in [0.05, 0.1) is 5.54 Å². The first-order valence-electron chi connectivity index (χ1n) is 5.26. The van der Waals surface area contributed by atoms with Gasteiger partial charge in [0.2, 0.25) is 0 Å². The number of carbonyl (C=O) groups is 2. The van der Waals surface area contributed by atoms with E-state index in [1.54, 1.807) is 7.05 Å². The molecule has 0 spiro atoms. The van der Waals surface area contributed by atoms with Crippen LogP contribution in [-0.2, 0) is 15.1 Å². The van der Waals surface area contributed by atoms with Gasteiger partial charge < -0.3 is 10.2 Å². The molecule has 4 nitrogen and oxygen atoms in total. The number of amides is 2. The largest absolute Gasteiger partial charge is 0.337 e. The summed E-state index contributed by atoms with van der Waals surface area (Å²) in [5.74, 6) is -1.04. The third-order valence-electron chi connectivity index (χ3n) is 2.95. The lowest BCUT2D eigenvalue weighted by Crippen LogP contribution is -2.61. The molecular weight excluding hydrogens is 284 g/mol. The maximum atomic E-state index is 11.6. The Bertz CT molecular complexity index is 489. The van der Waals surface area contributed by atoms with E-state index in [1.165, 1.54) is 4.90 Å². The molecule has 90 valence electrons. The van der Waals surface area contributed by atoms with Crippen molar-refractivity contribution < 1.29 is 9.59 Å². The van der Waals surface area contributed by atoms with Crippen LogP contribution in [0.5, 0.6) is 0 Å². The topological polar surface area (TPSA) is 49.4 Å². The van der Waals surface area contributed by atoms with E-state index >= 15 is 0 Å². The summed E-state index contributed by atoms with van der Waals surface area (Å²) >= 11 is 3.40. The average molecular weight is 297 g/mol. The van der Waals surface area contributed by atoms with Crippen LogP contribution in [0.15, 0.2) is 28.7 Å². The molecule has 2 amide bonds. The molecular formula is C12H13BrN2O2. The van der Waals surface area contributed by atoms with Crippen LogP contribution in [-0.4, -0.2) is 30.3 Å². The van der Waals surface area contributed by atoms with Crippen molar-refractivity contribution in [1.29, 1.82) is 0 Å². The highest BCUT2D eigenvalue weighted by Crippen LogP contribution is 2.26. The molecule has 1 heterocycles. The Kier molecular flexibility index (Phi) is 2.95. The van der Waals surface area contributed by atoms with Crippen LogP contribution in [0.1, 0.15) is 12.5 Å². The van der Waals surface area contributed by atoms with Crippen LogP contribution in [0.25, 0.3) is 0 Å². The SMILES string of the molecule is CN1CC(C)(c2cccc(Br)c2)NC(=O)C1=O. The fourth-order valence-corrected chi connectivity index (χ4v) is 2.46. The molecule has 1 aromatic rings. The van der Waals surface area contributed by atoms with Crippen molar-refractivity contribution in [2.24, 2.45) is 0 Å². The third-order valence-corrected chi connectivity index (χ3v) is 3.44. The average Bonchev–Trinajstić information content (AvgIpc) is 2.26. The lowest BCUT2D eigenvalue weighted by molar-refractivity contribution is -0.150. The van der Waals surface area contributed by atoms with Gasteiger partial charge >= 0.3 is 11.8 Å². The van der Waals surface area contributed by atoms with Crippen molar-refractivity contribution in [2.75, 3.05) is 13.6 Å². The molecule has 1 fully saturated rings. The Hall–Kier alpha value is -1.36. The Morgan fingerprint density at radius 3 is 2.71 bits per heavy atom. The number of nitrogens with one attached hydrogen (secondary N) is 1. The molecule has 1 unspecified atom stereocenters. The minimum atomic E-state index is -0.554. The lowest BCUT2D eigenvalue weighted by Gasteiger charge is -2.39. The lowest BCUT2D eigenvalue weighted by atomic mass is 9.89. The van der Waals surface area contributed by atoms with E-state index in [-0.39, 0.29) is 0 Å². The summed E-state index contributed by atoms with van der Waals surface area (Å²) in [7, 11) is 1.64. The maximum absolute atomic E-state index is 11.6. The summed E-state index contributed by atoms with van der Waals surface area (Å²) in [6.07, 6.45) is 0. The first kappa shape index (κ1) is 12.1. The standard InChI is InChI=1S/C12H13BrN2O2/c1-12(8-4-3-5-9(13)6-8)7-15(2)11(17)10(16)14-12/h3-6H,7H2,1-2H3,(H,14,16). The van der Waals surface area contributed by atoms with E-state index < -0.39 is 17.4 Å². The molecule has 1 saturated heterocycles. The summed E-state index contributed by atoms with van der Waals surface area (Å²) in [5.41, 5.74) is 0.434. The van der Waals surface area contributed by atoms with Crippen LogP contribution in [0.3, 0.4) is 0 Å². The van der Waals surface area contributed by atoms with Gasteiger partial charge in [0, 0.05) is 18.1 Å². The summed E-state index contributed by atoms with van der Waals surface area (Å²) < 4.78 is 0.949. The molecule has 1 aliphatic rings. The van der Waals surface area contributed by atoms with Crippen LogP contribution in [0, 0.1) is 0 Å². The zero-order valence-corrected chi connectivity index (χ0v) is 11.2. The van der Waals surface area contributed by atoms with Gasteiger partial charge in [-0.05, 0) is 24.6 Å². The molecule has 2 rings (SSSR count). The highest BCUT2D eigenvalue weighted by molar-refractivity contribution is 9.10. The zero-order chi connectivity index (χ0) is 12.6. The predicted octanol–water partition coefficient (Wildman–Crippen LogP) is 1.25. The van der Waals surface area contributed by atoms with E-state index in [4.69, 9.17) is 0 Å². The van der Waals surface area contributed by atoms with Gasteiger partial charge in [-0.1, -0.05) is 28.1 Å². The van der Waals surface area contributed by atoms with E-state index in [2.05, 4.69) is 21.2 Å². The molecule has 1 aliphatic heterocycles. The Morgan fingerprint density at radius 2 is 2.12 bits per heavy atom. The summed E-state index contributed by atoms with van der Waals surface area (Å²) in [4.78, 5) is 24.4. The van der Waals surface area contributed by atoms with Crippen LogP contribution in [0.2, 0.25) is 0 Å². The van der Waals surface area contributed by atoms with Crippen LogP contribution < -0.4 is 5.32 Å². The number of nitrogens with zero attached hydrogens (tertiary/aromatic N) is 1. The van der Waals surface area contributed by atoms with Gasteiger partial charge in [0.25, 0.3) is 0 Å². The van der Waals surface area contributed by atoms with E-state index in [9.17, 15) is 9.59 Å². The van der Waals surface area contributed by atoms with Gasteiger partial charge in [0.1, 0.15) is 0 Å². The maximum Gasteiger partial charge on any atom is 0.311 e. The molecule has 5 heteroatoms. The number of hydrogen-bond donors (Lipinski definition) is 1. The first-order valence-corrected chi connectivity index (χ1v) is 6.05. The number of halogens is 1. The Labute approximate surface area is 108 Å². The van der Waals surface area contributed by atoms with Gasteiger partial charge in [0.15, 0.2) is 0 Å². The second kappa shape index (κ2) is 4.14. The van der Waals surface area contributed by atoms with E-state index in [1.807, 2.05) is 31.2 Å². The monoisotopic (exact) mass is 296 g/mol. The normalized spacial score (nSPS) is 24.8. The molecule has 1 atom stereocenters. The van der Waals surface area contributed by atoms with Crippen LogP contribution in [0.4, 0.5) is 0 Å². The van der Waals surface area contributed by atoms with E-state index in [0.29, 0.717) is 6.54 Å². The summed E-state index contributed by atoms with van der Waals surface area (Å²) in [5, 5.41) is 2.77. The Balaban J connectivity index is 2.37. The van der Waals surface area contributed by atoms with Gasteiger partial charge in [-0.3, -0.25) is 9.59 Å². The van der Waals surface area contributed by atoms with Gasteiger partial charge in [-0.2, -0.15) is 0 Å². The molecule has 17 heavy (non-hydrogen) atoms. The summed E-state index contributed by atoms with van der Waals surface area (Å²) in [6.45, 7) is 2.38. The van der Waals surface area contributed by atoms with Gasteiger partial charge in [-0.25, -0.2) is 0 Å². The van der Waals surface area contributed by atoms with Crippen molar-refractivity contribution in [3.05, 3.63) is 34.3 Å². The first-order chi connectivity index (χ1) is 7.92. The number of benzene rings is 1. The molecule has 0 aromatic heterocycles. The third kappa shape index (κ3) is 2.20. The number of piperazine rings is 1. The van der Waals surface area contributed by atoms with Crippen LogP contribution >= 0.6 is 15.9 Å². The molecule has 1 N–H and O–H groups in total. The smallest absolute Gasteiger partial charge is 0.311 e. The van der Waals surface area contributed by atoms with E-state index in [0.717, 1.165) is 10.0 Å². The second-order valence-electron chi connectivity index (χ2n) is 4.46. The highest BCUT2D eigenvalue weighted by atomic mass is 79.9. The molecule has 0 aliphatic carbocycles. The second-order valence-corrected chi connectivity index (χ2v) is 5.37. The Morgan fingerprint density at radius 1 is 1.41 bits per heavy atom. The molecule has 0 bridgehead atoms. The number of hydrogen-bond acceptors (Lipinski definition) is 2. The fraction of sp³-hybridized carbons (Fsp3) is 0.333. The molecule has 0 radical (unpaired) electrons. The molecule has 0 saturated carbocycles. The van der Waals surface area contributed by atoms with Crippen molar-refractivity contribution in [2.45, 2.75) is 12.5 Å². The summed E-state index contributed by atoms with van der Waals surface area (Å²) in [6, 6.07) is 7.72. The fourth-order valence-electron chi connectivity index (χ4n) is 2.06. The van der Waals surface area contributed by atoms with Crippen molar-refractivity contribution in [3.8, 4) is 0 Å². The number of likely N-dealkylation sites (N-methyl/N-ethyl adjacent to an activating group) is 1.